The second kappa shape index (κ2) is 7.38. The molecular formula is C9H13N3O3. The van der Waals surface area contributed by atoms with Gasteiger partial charge in [0.15, 0.2) is 0 Å². The number of amides is 1. The molecule has 82 valence electrons. The molecular weight excluding hydrogens is 198 g/mol. The highest BCUT2D eigenvalue weighted by molar-refractivity contribution is 5.97. The van der Waals surface area contributed by atoms with Crippen molar-refractivity contribution < 1.29 is 14.7 Å². The van der Waals surface area contributed by atoms with Gasteiger partial charge in [0.05, 0.1) is 6.42 Å². The van der Waals surface area contributed by atoms with Crippen LogP contribution in [0.2, 0.25) is 0 Å². The maximum Gasteiger partial charge on any atom is 0.305 e. The normalized spacial score (nSPS) is 10.3. The first-order valence-corrected chi connectivity index (χ1v) is 4.45. The summed E-state index contributed by atoms with van der Waals surface area (Å²) >= 11 is 0. The van der Waals surface area contributed by atoms with Crippen LogP contribution in [-0.2, 0) is 9.59 Å². The summed E-state index contributed by atoms with van der Waals surface area (Å²) in [7, 11) is 0. The van der Waals surface area contributed by atoms with Gasteiger partial charge in [-0.2, -0.15) is 5.26 Å². The van der Waals surface area contributed by atoms with Gasteiger partial charge in [-0.25, -0.2) is 0 Å². The van der Waals surface area contributed by atoms with Crippen molar-refractivity contribution in [3.8, 4) is 6.07 Å². The summed E-state index contributed by atoms with van der Waals surface area (Å²) in [6.45, 7) is 2.45. The summed E-state index contributed by atoms with van der Waals surface area (Å²) in [5.41, 5.74) is -0.0674. The molecule has 0 aromatic heterocycles. The van der Waals surface area contributed by atoms with Crippen molar-refractivity contribution in [3.63, 3.8) is 0 Å². The number of carbonyl (C=O) groups excluding carboxylic acids is 1. The minimum Gasteiger partial charge on any atom is -0.481 e. The number of carboxylic acid groups (broad SMARTS) is 1. The van der Waals surface area contributed by atoms with Gasteiger partial charge in [0.25, 0.3) is 5.91 Å². The zero-order valence-corrected chi connectivity index (χ0v) is 8.41. The topological polar surface area (TPSA) is 102 Å². The van der Waals surface area contributed by atoms with Gasteiger partial charge in [-0.15, -0.1) is 0 Å². The van der Waals surface area contributed by atoms with Gasteiger partial charge < -0.3 is 15.7 Å². The molecule has 0 saturated carbocycles. The fourth-order valence-corrected chi connectivity index (χ4v) is 0.731. The summed E-state index contributed by atoms with van der Waals surface area (Å²) in [5, 5.41) is 22.0. The largest absolute Gasteiger partial charge is 0.481 e. The third-order valence-electron chi connectivity index (χ3n) is 1.44. The highest BCUT2D eigenvalue weighted by Crippen LogP contribution is 1.90. The Balaban J connectivity index is 4.07. The van der Waals surface area contributed by atoms with Crippen LogP contribution in [0.5, 0.6) is 0 Å². The number of nitrogens with one attached hydrogen (secondary N) is 2. The molecule has 1 amide bonds. The van der Waals surface area contributed by atoms with E-state index < -0.39 is 11.9 Å². The van der Waals surface area contributed by atoms with E-state index in [4.69, 9.17) is 10.4 Å². The van der Waals surface area contributed by atoms with Crippen LogP contribution in [0.15, 0.2) is 11.8 Å². The number of aliphatic carboxylic acids is 1. The molecule has 0 atom stereocenters. The lowest BCUT2D eigenvalue weighted by molar-refractivity contribution is -0.136. The molecule has 6 heteroatoms. The lowest BCUT2D eigenvalue weighted by Gasteiger charge is -2.01. The highest BCUT2D eigenvalue weighted by Gasteiger charge is 2.08. The van der Waals surface area contributed by atoms with E-state index in [1.54, 1.807) is 6.07 Å². The molecule has 0 aromatic rings. The molecule has 0 aliphatic rings. The van der Waals surface area contributed by atoms with Crippen molar-refractivity contribution in [2.75, 3.05) is 13.1 Å². The van der Waals surface area contributed by atoms with Gasteiger partial charge in [-0.3, -0.25) is 9.59 Å². The Morgan fingerprint density at radius 2 is 2.20 bits per heavy atom. The van der Waals surface area contributed by atoms with E-state index in [-0.39, 0.29) is 18.5 Å². The molecule has 0 aromatic carbocycles. The summed E-state index contributed by atoms with van der Waals surface area (Å²) in [4.78, 5) is 21.4. The van der Waals surface area contributed by atoms with Gasteiger partial charge in [0.2, 0.25) is 0 Å². The van der Waals surface area contributed by atoms with E-state index in [9.17, 15) is 9.59 Å². The molecule has 0 bridgehead atoms. The maximum absolute atomic E-state index is 11.2. The first-order chi connectivity index (χ1) is 7.11. The number of hydrogen-bond donors (Lipinski definition) is 3. The molecule has 0 unspecified atom stereocenters. The van der Waals surface area contributed by atoms with Crippen LogP contribution >= 0.6 is 0 Å². The Morgan fingerprint density at radius 3 is 2.67 bits per heavy atom. The van der Waals surface area contributed by atoms with Crippen LogP contribution in [0.4, 0.5) is 0 Å². The van der Waals surface area contributed by atoms with Crippen molar-refractivity contribution >= 4 is 11.9 Å². The van der Waals surface area contributed by atoms with Crippen molar-refractivity contribution in [2.24, 2.45) is 0 Å². The smallest absolute Gasteiger partial charge is 0.305 e. The SMILES string of the molecule is CCN/C=C(/C#N)C(=O)NCCC(=O)O. The maximum atomic E-state index is 11.2. The lowest BCUT2D eigenvalue weighted by Crippen LogP contribution is -2.27. The summed E-state index contributed by atoms with van der Waals surface area (Å²) in [5.74, 6) is -1.57. The fourth-order valence-electron chi connectivity index (χ4n) is 0.731. The van der Waals surface area contributed by atoms with Gasteiger partial charge >= 0.3 is 5.97 Å². The molecule has 0 heterocycles. The summed E-state index contributed by atoms with van der Waals surface area (Å²) < 4.78 is 0. The monoisotopic (exact) mass is 211 g/mol. The average molecular weight is 211 g/mol. The van der Waals surface area contributed by atoms with Crippen molar-refractivity contribution in [3.05, 3.63) is 11.8 Å². The Hall–Kier alpha value is -2.03. The second-order valence-electron chi connectivity index (χ2n) is 2.63. The third-order valence-corrected chi connectivity index (χ3v) is 1.44. The van der Waals surface area contributed by atoms with Crippen LogP contribution in [-0.4, -0.2) is 30.1 Å². The molecule has 0 saturated heterocycles. The van der Waals surface area contributed by atoms with Crippen molar-refractivity contribution in [2.45, 2.75) is 13.3 Å². The number of nitrogens with zero attached hydrogens (tertiary/aromatic N) is 1. The van der Waals surface area contributed by atoms with E-state index in [2.05, 4.69) is 10.6 Å². The van der Waals surface area contributed by atoms with Gasteiger partial charge in [-0.05, 0) is 6.92 Å². The molecule has 0 aliphatic carbocycles. The van der Waals surface area contributed by atoms with Crippen LogP contribution in [0.25, 0.3) is 0 Å². The number of rotatable bonds is 6. The molecule has 0 spiro atoms. The number of nitriles is 1. The van der Waals surface area contributed by atoms with Gasteiger partial charge in [0, 0.05) is 19.3 Å². The van der Waals surface area contributed by atoms with Crippen LogP contribution < -0.4 is 10.6 Å². The Labute approximate surface area is 87.6 Å². The van der Waals surface area contributed by atoms with Crippen LogP contribution in [0.1, 0.15) is 13.3 Å². The number of hydrogen-bond acceptors (Lipinski definition) is 4. The quantitative estimate of drug-likeness (QED) is 0.409. The number of carboxylic acids is 1. The van der Waals surface area contributed by atoms with Crippen molar-refractivity contribution in [1.29, 1.82) is 5.26 Å². The second-order valence-corrected chi connectivity index (χ2v) is 2.63. The van der Waals surface area contributed by atoms with Crippen molar-refractivity contribution in [1.82, 2.24) is 10.6 Å². The molecule has 0 rings (SSSR count). The standard InChI is InChI=1S/C9H13N3O3/c1-2-11-6-7(5-10)9(15)12-4-3-8(13)14/h6,11H,2-4H2,1H3,(H,12,15)(H,13,14)/b7-6-. The lowest BCUT2D eigenvalue weighted by atomic mass is 10.3. The van der Waals surface area contributed by atoms with Gasteiger partial charge in [-0.1, -0.05) is 0 Å². The third kappa shape index (κ3) is 6.10. The minimum absolute atomic E-state index is 0.0132. The zero-order valence-electron chi connectivity index (χ0n) is 8.41. The molecule has 6 nitrogen and oxygen atoms in total. The molecule has 3 N–H and O–H groups in total. The van der Waals surface area contributed by atoms with E-state index in [1.807, 2.05) is 6.92 Å². The predicted octanol–water partition coefficient (Wildman–Crippen LogP) is -0.406. The summed E-state index contributed by atoms with van der Waals surface area (Å²) in [6.07, 6.45) is 1.14. The van der Waals surface area contributed by atoms with E-state index in [0.717, 1.165) is 0 Å². The van der Waals surface area contributed by atoms with E-state index in [0.29, 0.717) is 6.54 Å². The highest BCUT2D eigenvalue weighted by atomic mass is 16.4. The minimum atomic E-state index is -0.996. The molecule has 0 aliphatic heterocycles. The predicted molar refractivity (Wildman–Crippen MR) is 52.6 cm³/mol. The first-order valence-electron chi connectivity index (χ1n) is 4.45. The number of carbonyl (C=O) groups is 2. The Bertz CT molecular complexity index is 304. The molecule has 0 fully saturated rings. The van der Waals surface area contributed by atoms with Crippen LogP contribution in [0.3, 0.4) is 0 Å². The Kier molecular flexibility index (Phi) is 6.38. The fraction of sp³-hybridized carbons (Fsp3) is 0.444. The first kappa shape index (κ1) is 13.0. The Morgan fingerprint density at radius 1 is 1.53 bits per heavy atom. The van der Waals surface area contributed by atoms with E-state index >= 15 is 0 Å². The molecule has 0 radical (unpaired) electrons. The van der Waals surface area contributed by atoms with Crippen LogP contribution in [0, 0.1) is 11.3 Å². The van der Waals surface area contributed by atoms with E-state index in [1.165, 1.54) is 6.20 Å². The average Bonchev–Trinajstić information content (AvgIpc) is 2.18. The zero-order chi connectivity index (χ0) is 11.7. The molecule has 15 heavy (non-hydrogen) atoms. The van der Waals surface area contributed by atoms with Gasteiger partial charge in [0.1, 0.15) is 11.6 Å². The summed E-state index contributed by atoms with van der Waals surface area (Å²) in [6, 6.07) is 1.71.